The molecule has 3 rings (SSSR count). The van der Waals surface area contributed by atoms with E-state index < -0.39 is 12.2 Å². The summed E-state index contributed by atoms with van der Waals surface area (Å²) in [6.07, 6.45) is 3.19. The van der Waals surface area contributed by atoms with Gasteiger partial charge in [-0.05, 0) is 25.8 Å². The van der Waals surface area contributed by atoms with Gasteiger partial charge in [-0.1, -0.05) is 13.8 Å². The van der Waals surface area contributed by atoms with Gasteiger partial charge in [0.1, 0.15) is 12.2 Å². The predicted molar refractivity (Wildman–Crippen MR) is 97.5 cm³/mol. The molecule has 3 fully saturated rings. The van der Waals surface area contributed by atoms with Gasteiger partial charge in [0.05, 0.1) is 24.9 Å². The SMILES string of the molecule is CC(C)NC[C@@H]1O[C@@H](CO)[C@@H](O)[C@H]1N1CCN(C2CCCCN2)CC1. The molecule has 0 aliphatic carbocycles. The Morgan fingerprint density at radius 3 is 2.44 bits per heavy atom. The number of piperazine rings is 1. The Balaban J connectivity index is 1.56. The van der Waals surface area contributed by atoms with Gasteiger partial charge in [0, 0.05) is 38.8 Å². The summed E-state index contributed by atoms with van der Waals surface area (Å²) >= 11 is 0. The molecule has 3 aliphatic rings. The van der Waals surface area contributed by atoms with Crippen LogP contribution in [0.3, 0.4) is 0 Å². The molecule has 0 spiro atoms. The fourth-order valence-electron chi connectivity index (χ4n) is 4.44. The number of aliphatic hydroxyl groups is 2. The zero-order valence-corrected chi connectivity index (χ0v) is 15.7. The first-order valence-electron chi connectivity index (χ1n) is 9.99. The smallest absolute Gasteiger partial charge is 0.109 e. The maximum Gasteiger partial charge on any atom is 0.109 e. The van der Waals surface area contributed by atoms with E-state index in [0.717, 1.165) is 32.7 Å². The van der Waals surface area contributed by atoms with Crippen molar-refractivity contribution in [1.82, 2.24) is 20.4 Å². The minimum absolute atomic E-state index is 0.0372. The van der Waals surface area contributed by atoms with E-state index in [2.05, 4.69) is 34.3 Å². The predicted octanol–water partition coefficient (Wildman–Crippen LogP) is -0.809. The Labute approximate surface area is 151 Å². The van der Waals surface area contributed by atoms with E-state index >= 15 is 0 Å². The Hall–Kier alpha value is -0.280. The first-order chi connectivity index (χ1) is 12.1. The lowest BCUT2D eigenvalue weighted by atomic mass is 10.0. The molecule has 0 bridgehead atoms. The summed E-state index contributed by atoms with van der Waals surface area (Å²) in [6.45, 7) is 9.87. The first kappa shape index (κ1) is 19.5. The van der Waals surface area contributed by atoms with Crippen LogP contribution in [0.25, 0.3) is 0 Å². The van der Waals surface area contributed by atoms with Gasteiger partial charge in [0.25, 0.3) is 0 Å². The molecule has 3 aliphatic heterocycles. The third kappa shape index (κ3) is 4.71. The van der Waals surface area contributed by atoms with Crippen LogP contribution in [0.2, 0.25) is 0 Å². The van der Waals surface area contributed by atoms with Gasteiger partial charge < -0.3 is 25.6 Å². The van der Waals surface area contributed by atoms with Gasteiger partial charge in [0.15, 0.2) is 0 Å². The van der Waals surface area contributed by atoms with E-state index in [9.17, 15) is 10.2 Å². The normalized spacial score (nSPS) is 38.5. The molecule has 3 saturated heterocycles. The van der Waals surface area contributed by atoms with Gasteiger partial charge in [-0.15, -0.1) is 0 Å². The molecule has 0 aromatic carbocycles. The lowest BCUT2D eigenvalue weighted by molar-refractivity contribution is -0.0216. The van der Waals surface area contributed by atoms with Crippen LogP contribution in [-0.4, -0.2) is 102 Å². The van der Waals surface area contributed by atoms with Crippen molar-refractivity contribution in [3.8, 4) is 0 Å². The Bertz CT molecular complexity index is 398. The summed E-state index contributed by atoms with van der Waals surface area (Å²) in [6, 6.07) is 0.341. The highest BCUT2D eigenvalue weighted by atomic mass is 16.5. The molecule has 7 nitrogen and oxygen atoms in total. The van der Waals surface area contributed by atoms with Gasteiger partial charge >= 0.3 is 0 Å². The highest BCUT2D eigenvalue weighted by Crippen LogP contribution is 2.27. The summed E-state index contributed by atoms with van der Waals surface area (Å²) in [5.41, 5.74) is 0. The van der Waals surface area contributed by atoms with Crippen molar-refractivity contribution >= 4 is 0 Å². The Morgan fingerprint density at radius 2 is 1.84 bits per heavy atom. The Kier molecular flexibility index (Phi) is 7.08. The van der Waals surface area contributed by atoms with E-state index in [1.807, 2.05) is 0 Å². The minimum Gasteiger partial charge on any atom is -0.394 e. The summed E-state index contributed by atoms with van der Waals surface area (Å²) in [5.74, 6) is 0. The number of hydrogen-bond donors (Lipinski definition) is 4. The number of ether oxygens (including phenoxy) is 1. The number of aliphatic hydroxyl groups excluding tert-OH is 2. The molecule has 0 aromatic heterocycles. The van der Waals surface area contributed by atoms with Crippen LogP contribution in [0.5, 0.6) is 0 Å². The quantitative estimate of drug-likeness (QED) is 0.496. The van der Waals surface area contributed by atoms with Gasteiger partial charge in [-0.3, -0.25) is 9.80 Å². The van der Waals surface area contributed by atoms with Crippen molar-refractivity contribution < 1.29 is 14.9 Å². The Morgan fingerprint density at radius 1 is 1.12 bits per heavy atom. The molecule has 0 saturated carbocycles. The van der Waals surface area contributed by atoms with Gasteiger partial charge in [0.2, 0.25) is 0 Å². The van der Waals surface area contributed by atoms with Crippen molar-refractivity contribution in [3.63, 3.8) is 0 Å². The number of nitrogens with one attached hydrogen (secondary N) is 2. The molecule has 0 radical (unpaired) electrons. The topological polar surface area (TPSA) is 80.2 Å². The van der Waals surface area contributed by atoms with Crippen molar-refractivity contribution in [2.24, 2.45) is 0 Å². The minimum atomic E-state index is -0.622. The van der Waals surface area contributed by atoms with Gasteiger partial charge in [-0.25, -0.2) is 0 Å². The molecule has 5 atom stereocenters. The third-order valence-electron chi connectivity index (χ3n) is 5.86. The number of rotatable bonds is 6. The van der Waals surface area contributed by atoms with Crippen molar-refractivity contribution in [2.75, 3.05) is 45.9 Å². The van der Waals surface area contributed by atoms with E-state index in [0.29, 0.717) is 18.8 Å². The summed E-state index contributed by atoms with van der Waals surface area (Å²) in [4.78, 5) is 4.91. The summed E-state index contributed by atoms with van der Waals surface area (Å²) in [5, 5.41) is 27.2. The fraction of sp³-hybridized carbons (Fsp3) is 1.00. The second kappa shape index (κ2) is 9.08. The zero-order valence-electron chi connectivity index (χ0n) is 15.7. The van der Waals surface area contributed by atoms with E-state index in [4.69, 9.17) is 4.74 Å². The molecule has 0 aromatic rings. The lowest BCUT2D eigenvalue weighted by Gasteiger charge is -2.44. The largest absolute Gasteiger partial charge is 0.394 e. The molecule has 0 amide bonds. The molecular weight excluding hydrogens is 320 g/mol. The summed E-state index contributed by atoms with van der Waals surface area (Å²) in [7, 11) is 0. The van der Waals surface area contributed by atoms with Crippen molar-refractivity contribution in [3.05, 3.63) is 0 Å². The maximum atomic E-state index is 10.7. The van der Waals surface area contributed by atoms with Crippen LogP contribution in [0.4, 0.5) is 0 Å². The van der Waals surface area contributed by atoms with Crippen LogP contribution < -0.4 is 10.6 Å². The third-order valence-corrected chi connectivity index (χ3v) is 5.86. The molecule has 1 unspecified atom stereocenters. The van der Waals surface area contributed by atoms with Gasteiger partial charge in [-0.2, -0.15) is 0 Å². The fourth-order valence-corrected chi connectivity index (χ4v) is 4.44. The van der Waals surface area contributed by atoms with Crippen LogP contribution in [-0.2, 0) is 4.74 Å². The molecule has 7 heteroatoms. The highest BCUT2D eigenvalue weighted by molar-refractivity contribution is 4.99. The van der Waals surface area contributed by atoms with E-state index in [-0.39, 0.29) is 18.8 Å². The number of hydrogen-bond acceptors (Lipinski definition) is 7. The van der Waals surface area contributed by atoms with Crippen LogP contribution in [0.1, 0.15) is 33.1 Å². The van der Waals surface area contributed by atoms with E-state index in [1.54, 1.807) is 0 Å². The molecule has 4 N–H and O–H groups in total. The molecule has 25 heavy (non-hydrogen) atoms. The van der Waals surface area contributed by atoms with Crippen LogP contribution in [0.15, 0.2) is 0 Å². The average Bonchev–Trinajstić information content (AvgIpc) is 2.96. The maximum absolute atomic E-state index is 10.7. The monoisotopic (exact) mass is 356 g/mol. The van der Waals surface area contributed by atoms with E-state index in [1.165, 1.54) is 19.3 Å². The van der Waals surface area contributed by atoms with Crippen LogP contribution >= 0.6 is 0 Å². The molecule has 146 valence electrons. The second-order valence-electron chi connectivity index (χ2n) is 7.98. The zero-order chi connectivity index (χ0) is 17.8. The average molecular weight is 357 g/mol. The highest BCUT2D eigenvalue weighted by Gasteiger charge is 2.46. The second-order valence-corrected chi connectivity index (χ2v) is 7.98. The van der Waals surface area contributed by atoms with Crippen LogP contribution in [0, 0.1) is 0 Å². The first-order valence-corrected chi connectivity index (χ1v) is 9.99. The standard InChI is InChI=1S/C18H36N4O3/c1-13(2)20-11-14-17(18(24)15(12-23)25-14)22-9-7-21(8-10-22)16-5-3-4-6-19-16/h13-20,23-24H,3-12H2,1-2H3/t14-,15-,16?,17-,18+/m0/s1. The number of piperidine rings is 1. The molecular formula is C18H36N4O3. The molecule has 3 heterocycles. The lowest BCUT2D eigenvalue weighted by Crippen LogP contribution is -2.61. The van der Waals surface area contributed by atoms with Crippen molar-refractivity contribution in [2.45, 2.75) is 69.7 Å². The summed E-state index contributed by atoms with van der Waals surface area (Å²) < 4.78 is 5.95. The van der Waals surface area contributed by atoms with Crippen molar-refractivity contribution in [1.29, 1.82) is 0 Å². The number of nitrogens with zero attached hydrogens (tertiary/aromatic N) is 2.